The molecule has 16 heavy (non-hydrogen) atoms. The van der Waals surface area contributed by atoms with Gasteiger partial charge < -0.3 is 5.32 Å². The highest BCUT2D eigenvalue weighted by molar-refractivity contribution is 7.19. The number of rotatable bonds is 3. The van der Waals surface area contributed by atoms with Gasteiger partial charge in [0, 0.05) is 7.05 Å². The molecule has 0 saturated heterocycles. The summed E-state index contributed by atoms with van der Waals surface area (Å²) < 4.78 is 0. The minimum absolute atomic E-state index is 0.979. The van der Waals surface area contributed by atoms with Gasteiger partial charge in [-0.05, 0) is 24.5 Å². The first-order valence-corrected chi connectivity index (χ1v) is 6.30. The largest absolute Gasteiger partial charge is 0.365 e. The second kappa shape index (κ2) is 4.66. The van der Waals surface area contributed by atoms with Crippen molar-refractivity contribution in [2.45, 2.75) is 20.3 Å². The maximum absolute atomic E-state index is 4.46. The summed E-state index contributed by atoms with van der Waals surface area (Å²) in [5, 5.41) is 4.07. The zero-order chi connectivity index (χ0) is 11.5. The second-order valence-corrected chi connectivity index (χ2v) is 4.73. The third kappa shape index (κ3) is 2.09. The van der Waals surface area contributed by atoms with Crippen molar-refractivity contribution < 1.29 is 0 Å². The van der Waals surface area contributed by atoms with Crippen LogP contribution in [0.5, 0.6) is 0 Å². The molecule has 0 radical (unpaired) electrons. The number of nitrogens with zero attached hydrogens (tertiary/aromatic N) is 1. The molecule has 1 heterocycles. The average Bonchev–Trinajstić information content (AvgIpc) is 2.71. The molecule has 0 aliphatic carbocycles. The number of thiazole rings is 1. The lowest BCUT2D eigenvalue weighted by molar-refractivity contribution is 1.14. The molecule has 0 aliphatic rings. The number of anilines is 1. The van der Waals surface area contributed by atoms with Crippen molar-refractivity contribution in [2.24, 2.45) is 0 Å². The van der Waals surface area contributed by atoms with Crippen LogP contribution in [0.1, 0.15) is 18.2 Å². The molecule has 0 atom stereocenters. The molecule has 0 spiro atoms. The van der Waals surface area contributed by atoms with E-state index in [0.717, 1.165) is 17.2 Å². The Balaban J connectivity index is 2.38. The molecular formula is C13H16N2S. The Morgan fingerprint density at radius 2 is 1.94 bits per heavy atom. The number of benzene rings is 1. The lowest BCUT2D eigenvalue weighted by Crippen LogP contribution is -1.85. The Morgan fingerprint density at radius 3 is 2.44 bits per heavy atom. The van der Waals surface area contributed by atoms with Gasteiger partial charge >= 0.3 is 0 Å². The highest BCUT2D eigenvalue weighted by atomic mass is 32.1. The van der Waals surface area contributed by atoms with Crippen LogP contribution in [0.3, 0.4) is 0 Å². The van der Waals surface area contributed by atoms with E-state index in [-0.39, 0.29) is 0 Å². The first-order chi connectivity index (χ1) is 7.74. The molecule has 1 aromatic carbocycles. The molecule has 1 N–H and O–H groups in total. The number of aryl methyl sites for hydroxylation is 2. The standard InChI is InChI=1S/C13H16N2S/c1-4-10-5-7-11(8-6-10)12-9(2)15-13(14-3)16-12/h5-8H,4H2,1-3H3,(H,14,15). The summed E-state index contributed by atoms with van der Waals surface area (Å²) in [5.74, 6) is 0. The van der Waals surface area contributed by atoms with Gasteiger partial charge in [0.05, 0.1) is 10.6 Å². The highest BCUT2D eigenvalue weighted by Crippen LogP contribution is 2.32. The second-order valence-electron chi connectivity index (χ2n) is 3.73. The van der Waals surface area contributed by atoms with Crippen LogP contribution in [0.25, 0.3) is 10.4 Å². The molecule has 0 unspecified atom stereocenters. The van der Waals surface area contributed by atoms with Gasteiger partial charge in [-0.25, -0.2) is 4.98 Å². The molecule has 3 heteroatoms. The van der Waals surface area contributed by atoms with Crippen LogP contribution in [0, 0.1) is 6.92 Å². The molecular weight excluding hydrogens is 216 g/mol. The van der Waals surface area contributed by atoms with Gasteiger partial charge in [-0.3, -0.25) is 0 Å². The van der Waals surface area contributed by atoms with E-state index in [0.29, 0.717) is 0 Å². The van der Waals surface area contributed by atoms with Gasteiger partial charge in [-0.15, -0.1) is 0 Å². The monoisotopic (exact) mass is 232 g/mol. The van der Waals surface area contributed by atoms with Crippen molar-refractivity contribution in [3.63, 3.8) is 0 Å². The Bertz CT molecular complexity index is 471. The third-order valence-corrected chi connectivity index (χ3v) is 3.86. The van der Waals surface area contributed by atoms with Crippen LogP contribution < -0.4 is 5.32 Å². The molecule has 0 amide bonds. The fraction of sp³-hybridized carbons (Fsp3) is 0.308. The predicted octanol–water partition coefficient (Wildman–Crippen LogP) is 3.72. The van der Waals surface area contributed by atoms with Gasteiger partial charge in [0.15, 0.2) is 5.13 Å². The SMILES string of the molecule is CCc1ccc(-c2sc(NC)nc2C)cc1. The Kier molecular flexibility index (Phi) is 3.25. The predicted molar refractivity (Wildman–Crippen MR) is 71.2 cm³/mol. The Labute approximate surface area is 100 Å². The lowest BCUT2D eigenvalue weighted by Gasteiger charge is -2.00. The van der Waals surface area contributed by atoms with Crippen LogP contribution in [-0.4, -0.2) is 12.0 Å². The summed E-state index contributed by atoms with van der Waals surface area (Å²) in [4.78, 5) is 5.71. The van der Waals surface area contributed by atoms with Crippen LogP contribution in [0.2, 0.25) is 0 Å². The van der Waals surface area contributed by atoms with Gasteiger partial charge in [-0.2, -0.15) is 0 Å². The maximum Gasteiger partial charge on any atom is 0.183 e. The van der Waals surface area contributed by atoms with E-state index >= 15 is 0 Å². The molecule has 1 aromatic heterocycles. The van der Waals surface area contributed by atoms with Crippen molar-refractivity contribution in [1.29, 1.82) is 0 Å². The van der Waals surface area contributed by atoms with Crippen LogP contribution in [0.15, 0.2) is 24.3 Å². The van der Waals surface area contributed by atoms with E-state index in [4.69, 9.17) is 0 Å². The maximum atomic E-state index is 4.46. The van der Waals surface area contributed by atoms with E-state index < -0.39 is 0 Å². The fourth-order valence-corrected chi connectivity index (χ4v) is 2.59. The van der Waals surface area contributed by atoms with Crippen molar-refractivity contribution in [3.8, 4) is 10.4 Å². The van der Waals surface area contributed by atoms with Gasteiger partial charge in [0.25, 0.3) is 0 Å². The van der Waals surface area contributed by atoms with E-state index in [2.05, 4.69) is 48.4 Å². The molecule has 0 bridgehead atoms. The molecule has 0 fully saturated rings. The fourth-order valence-electron chi connectivity index (χ4n) is 1.66. The summed E-state index contributed by atoms with van der Waals surface area (Å²) >= 11 is 1.70. The topological polar surface area (TPSA) is 24.9 Å². The van der Waals surface area contributed by atoms with Crippen LogP contribution >= 0.6 is 11.3 Å². The lowest BCUT2D eigenvalue weighted by atomic mass is 10.1. The minimum Gasteiger partial charge on any atom is -0.365 e. The summed E-state index contributed by atoms with van der Waals surface area (Å²) in [7, 11) is 1.90. The average molecular weight is 232 g/mol. The quantitative estimate of drug-likeness (QED) is 0.872. The Morgan fingerprint density at radius 1 is 1.25 bits per heavy atom. The molecule has 0 aliphatic heterocycles. The first kappa shape index (κ1) is 11.1. The third-order valence-electron chi connectivity index (χ3n) is 2.63. The van der Waals surface area contributed by atoms with Crippen molar-refractivity contribution >= 4 is 16.5 Å². The zero-order valence-electron chi connectivity index (χ0n) is 9.87. The van der Waals surface area contributed by atoms with E-state index in [1.165, 1.54) is 16.0 Å². The molecule has 2 aromatic rings. The Hall–Kier alpha value is -1.35. The van der Waals surface area contributed by atoms with E-state index in [1.54, 1.807) is 11.3 Å². The molecule has 2 nitrogen and oxygen atoms in total. The minimum atomic E-state index is 0.979. The molecule has 2 rings (SSSR count). The summed E-state index contributed by atoms with van der Waals surface area (Å²) in [6.07, 6.45) is 1.09. The van der Waals surface area contributed by atoms with Crippen LogP contribution in [-0.2, 0) is 6.42 Å². The van der Waals surface area contributed by atoms with Gasteiger partial charge in [0.2, 0.25) is 0 Å². The van der Waals surface area contributed by atoms with E-state index in [1.807, 2.05) is 7.05 Å². The number of nitrogens with one attached hydrogen (secondary N) is 1. The summed E-state index contributed by atoms with van der Waals surface area (Å²) in [5.41, 5.74) is 3.73. The molecule has 0 saturated carbocycles. The summed E-state index contributed by atoms with van der Waals surface area (Å²) in [6, 6.07) is 8.73. The van der Waals surface area contributed by atoms with Crippen molar-refractivity contribution in [3.05, 3.63) is 35.5 Å². The van der Waals surface area contributed by atoms with Gasteiger partial charge in [-0.1, -0.05) is 42.5 Å². The number of hydrogen-bond acceptors (Lipinski definition) is 3. The van der Waals surface area contributed by atoms with Crippen molar-refractivity contribution in [1.82, 2.24) is 4.98 Å². The number of aromatic nitrogens is 1. The van der Waals surface area contributed by atoms with Crippen molar-refractivity contribution in [2.75, 3.05) is 12.4 Å². The summed E-state index contributed by atoms with van der Waals surface area (Å²) in [6.45, 7) is 4.23. The van der Waals surface area contributed by atoms with Gasteiger partial charge in [0.1, 0.15) is 0 Å². The van der Waals surface area contributed by atoms with E-state index in [9.17, 15) is 0 Å². The normalized spacial score (nSPS) is 10.4. The number of hydrogen-bond donors (Lipinski definition) is 1. The first-order valence-electron chi connectivity index (χ1n) is 5.49. The smallest absolute Gasteiger partial charge is 0.183 e. The van der Waals surface area contributed by atoms with Crippen LogP contribution in [0.4, 0.5) is 5.13 Å². The molecule has 84 valence electrons. The zero-order valence-corrected chi connectivity index (χ0v) is 10.7. The highest BCUT2D eigenvalue weighted by Gasteiger charge is 2.08.